The molecule has 5 rings (SSSR count). The molecule has 0 nitrogen and oxygen atoms in total. The zero-order chi connectivity index (χ0) is 46.1. The second-order valence-electron chi connectivity index (χ2n) is 18.7. The standard InChI is InChI=1S/C56H80Br2S4Si3/c1-59-35-19-41-63(39-17-33-57,42-20-36-60-2)45-23-47-65(48-24-46-64(40-18-34-58,43-21-37-61-3)44-22-38-62-4)55(51-29-13-7-14-30-51)53(49-25-9-5-10-26-49)54(50-27-11-6-12-28-50)56(65)52-31-15-8-16-32-52/h5-16,25-32H,17-24,33-48H2,1-4H3. The van der Waals surface area contributed by atoms with Crippen molar-refractivity contribution in [3.63, 3.8) is 0 Å². The molecule has 0 aliphatic carbocycles. The zero-order valence-corrected chi connectivity index (χ0v) is 49.8. The molecular formula is C56H80Br2S4Si3. The van der Waals surface area contributed by atoms with Crippen molar-refractivity contribution in [1.29, 1.82) is 0 Å². The quantitative estimate of drug-likeness (QED) is 0.0260. The SMILES string of the molecule is CSCCC[Si](CCCBr)(CCCSC)CCC[Si]1(CCC[Si](CCCBr)(CCCSC)CCCSC)C(c2ccccc2)=C(c2ccccc2)C(c2ccccc2)=C1c1ccccc1. The van der Waals surface area contributed by atoms with Crippen molar-refractivity contribution in [2.45, 2.75) is 112 Å². The van der Waals surface area contributed by atoms with Gasteiger partial charge in [-0.25, -0.2) is 0 Å². The zero-order valence-electron chi connectivity index (χ0n) is 40.4. The smallest absolute Gasteiger partial charge is 0.121 e. The summed E-state index contributed by atoms with van der Waals surface area (Å²) in [5, 5.41) is 5.75. The van der Waals surface area contributed by atoms with Crippen LogP contribution in [0.4, 0.5) is 0 Å². The third kappa shape index (κ3) is 16.2. The van der Waals surface area contributed by atoms with Crippen LogP contribution in [0.5, 0.6) is 0 Å². The molecule has 4 aromatic rings. The highest BCUT2D eigenvalue weighted by Gasteiger charge is 2.50. The summed E-state index contributed by atoms with van der Waals surface area (Å²) in [4.78, 5) is 0. The van der Waals surface area contributed by atoms with Crippen molar-refractivity contribution in [2.75, 3.05) is 58.7 Å². The van der Waals surface area contributed by atoms with Crippen LogP contribution in [0.15, 0.2) is 121 Å². The van der Waals surface area contributed by atoms with Gasteiger partial charge in [-0.3, -0.25) is 0 Å². The van der Waals surface area contributed by atoms with Crippen molar-refractivity contribution < 1.29 is 0 Å². The fourth-order valence-electron chi connectivity index (χ4n) is 11.6. The van der Waals surface area contributed by atoms with E-state index >= 15 is 0 Å². The molecule has 0 atom stereocenters. The van der Waals surface area contributed by atoms with Crippen molar-refractivity contribution >= 4 is 125 Å². The van der Waals surface area contributed by atoms with Gasteiger partial charge in [0, 0.05) is 10.7 Å². The van der Waals surface area contributed by atoms with Gasteiger partial charge in [0.05, 0.1) is 16.1 Å². The highest BCUT2D eigenvalue weighted by molar-refractivity contribution is 9.09. The predicted molar refractivity (Wildman–Crippen MR) is 323 cm³/mol. The van der Waals surface area contributed by atoms with E-state index in [1.807, 2.05) is 0 Å². The van der Waals surface area contributed by atoms with E-state index in [9.17, 15) is 0 Å². The molecule has 1 heterocycles. The van der Waals surface area contributed by atoms with Gasteiger partial charge < -0.3 is 0 Å². The normalized spacial score (nSPS) is 14.2. The molecule has 0 amide bonds. The Morgan fingerprint density at radius 2 is 0.615 bits per heavy atom. The third-order valence-corrected chi connectivity index (χ3v) is 35.1. The monoisotopic (exact) mass is 1120 g/mol. The number of halogens is 2. The van der Waals surface area contributed by atoms with Gasteiger partial charge in [0.2, 0.25) is 0 Å². The van der Waals surface area contributed by atoms with E-state index in [-0.39, 0.29) is 0 Å². The minimum atomic E-state index is -2.51. The molecule has 0 radical (unpaired) electrons. The second kappa shape index (κ2) is 30.9. The Hall–Kier alpha value is -0.629. The number of alkyl halides is 2. The first-order valence-electron chi connectivity index (χ1n) is 24.8. The van der Waals surface area contributed by atoms with Crippen LogP contribution < -0.4 is 0 Å². The van der Waals surface area contributed by atoms with Gasteiger partial charge in [-0.05, 0) is 142 Å². The Labute approximate surface area is 434 Å². The minimum absolute atomic E-state index is 1.14. The van der Waals surface area contributed by atoms with Gasteiger partial charge >= 0.3 is 0 Å². The van der Waals surface area contributed by atoms with Gasteiger partial charge in [-0.15, -0.1) is 0 Å². The third-order valence-electron chi connectivity index (χ3n) is 14.5. The minimum Gasteiger partial charge on any atom is -0.165 e. The summed E-state index contributed by atoms with van der Waals surface area (Å²) in [6.07, 6.45) is 20.2. The van der Waals surface area contributed by atoms with Gasteiger partial charge in [-0.1, -0.05) is 214 Å². The molecular weight excluding hydrogens is 1040 g/mol. The van der Waals surface area contributed by atoms with Crippen LogP contribution in [0, 0.1) is 0 Å². The van der Waals surface area contributed by atoms with E-state index in [1.165, 1.54) is 168 Å². The molecule has 0 aromatic heterocycles. The van der Waals surface area contributed by atoms with E-state index in [0.717, 1.165) is 10.7 Å². The van der Waals surface area contributed by atoms with Crippen molar-refractivity contribution in [3.05, 3.63) is 144 Å². The molecule has 0 saturated heterocycles. The second-order valence-corrected chi connectivity index (χ2v) is 38.4. The Morgan fingerprint density at radius 1 is 0.354 bits per heavy atom. The summed E-state index contributed by atoms with van der Waals surface area (Å²) < 4.78 is 0. The number of thioether (sulfide) groups is 4. The van der Waals surface area contributed by atoms with E-state index in [4.69, 9.17) is 0 Å². The molecule has 9 heteroatoms. The number of hydrogen-bond acceptors (Lipinski definition) is 4. The summed E-state index contributed by atoms with van der Waals surface area (Å²) in [5.41, 5.74) is 8.78. The molecule has 0 spiro atoms. The van der Waals surface area contributed by atoms with Crippen LogP contribution in [-0.2, 0) is 0 Å². The molecule has 0 unspecified atom stereocenters. The van der Waals surface area contributed by atoms with Crippen LogP contribution in [0.1, 0.15) is 73.6 Å². The van der Waals surface area contributed by atoms with E-state index in [2.05, 4.69) is 225 Å². The molecule has 354 valence electrons. The molecule has 65 heavy (non-hydrogen) atoms. The summed E-state index contributed by atoms with van der Waals surface area (Å²) in [6.45, 7) is 0. The van der Waals surface area contributed by atoms with Crippen molar-refractivity contribution in [3.8, 4) is 0 Å². The highest BCUT2D eigenvalue weighted by Crippen LogP contribution is 2.59. The summed E-state index contributed by atoms with van der Waals surface area (Å²) in [7, 11) is -5.59. The maximum Gasteiger partial charge on any atom is 0.121 e. The molecule has 0 fully saturated rings. The van der Waals surface area contributed by atoms with Gasteiger partial charge in [-0.2, -0.15) is 47.0 Å². The number of hydrogen-bond donors (Lipinski definition) is 0. The molecule has 1 aliphatic heterocycles. The van der Waals surface area contributed by atoms with Crippen molar-refractivity contribution in [1.82, 2.24) is 0 Å². The first-order chi connectivity index (χ1) is 32.0. The molecule has 0 N–H and O–H groups in total. The fraction of sp³-hybridized carbons (Fsp3) is 0.500. The van der Waals surface area contributed by atoms with Crippen LogP contribution >= 0.6 is 78.9 Å². The number of benzene rings is 4. The predicted octanol–water partition coefficient (Wildman–Crippen LogP) is 19.0. The Bertz CT molecular complexity index is 1800. The molecule has 0 saturated carbocycles. The maximum atomic E-state index is 3.93. The molecule has 0 bridgehead atoms. The lowest BCUT2D eigenvalue weighted by molar-refractivity contribution is 0.873. The Balaban J connectivity index is 1.78. The van der Waals surface area contributed by atoms with Crippen LogP contribution in [0.25, 0.3) is 21.5 Å². The van der Waals surface area contributed by atoms with Crippen LogP contribution in [0.2, 0.25) is 60.4 Å². The van der Waals surface area contributed by atoms with E-state index in [1.54, 1.807) is 10.4 Å². The summed E-state index contributed by atoms with van der Waals surface area (Å²) in [6, 6.07) is 61.7. The highest BCUT2D eigenvalue weighted by atomic mass is 79.9. The number of rotatable bonds is 34. The van der Waals surface area contributed by atoms with E-state index in [0.29, 0.717) is 0 Å². The van der Waals surface area contributed by atoms with Crippen molar-refractivity contribution in [2.24, 2.45) is 0 Å². The lowest BCUT2D eigenvalue weighted by Gasteiger charge is -2.39. The van der Waals surface area contributed by atoms with E-state index < -0.39 is 24.2 Å². The largest absolute Gasteiger partial charge is 0.165 e. The topological polar surface area (TPSA) is 0 Å². The molecule has 1 aliphatic rings. The van der Waals surface area contributed by atoms with Crippen LogP contribution in [0.3, 0.4) is 0 Å². The first kappa shape index (κ1) is 55.3. The van der Waals surface area contributed by atoms with Crippen LogP contribution in [-0.4, -0.2) is 82.9 Å². The van der Waals surface area contributed by atoms with Gasteiger partial charge in [0.25, 0.3) is 0 Å². The Kier molecular flexibility index (Phi) is 26.3. The van der Waals surface area contributed by atoms with Gasteiger partial charge in [0.1, 0.15) is 8.07 Å². The Morgan fingerprint density at radius 3 is 0.892 bits per heavy atom. The average Bonchev–Trinajstić information content (AvgIpc) is 3.64. The maximum absolute atomic E-state index is 3.93. The fourth-order valence-corrected chi connectivity index (χ4v) is 33.1. The number of allylic oxidation sites excluding steroid dienone is 2. The molecule has 4 aromatic carbocycles. The summed E-state index contributed by atoms with van der Waals surface area (Å²) in [5.74, 6) is 5.23. The lowest BCUT2D eigenvalue weighted by Crippen LogP contribution is -2.40. The lowest BCUT2D eigenvalue weighted by atomic mass is 9.89. The van der Waals surface area contributed by atoms with Gasteiger partial charge in [0.15, 0.2) is 0 Å². The summed E-state index contributed by atoms with van der Waals surface area (Å²) >= 11 is 16.1. The average molecular weight is 1130 g/mol. The first-order valence-corrected chi connectivity index (χ1v) is 40.6.